The Morgan fingerprint density at radius 3 is 1.71 bits per heavy atom. The van der Waals surface area contributed by atoms with Gasteiger partial charge in [-0.3, -0.25) is 14.6 Å². The molecule has 0 aromatic heterocycles. The van der Waals surface area contributed by atoms with Gasteiger partial charge in [-0.2, -0.15) is 13.2 Å². The van der Waals surface area contributed by atoms with Gasteiger partial charge < -0.3 is 28.8 Å². The maximum absolute atomic E-state index is 10.4. The van der Waals surface area contributed by atoms with Crippen LogP contribution in [0.5, 0.6) is 11.5 Å². The van der Waals surface area contributed by atoms with E-state index in [1.807, 2.05) is 6.07 Å². The molecule has 49 heavy (non-hydrogen) atoms. The van der Waals surface area contributed by atoms with Gasteiger partial charge in [-0.05, 0) is 73.2 Å². The fourth-order valence-corrected chi connectivity index (χ4v) is 7.69. The van der Waals surface area contributed by atoms with Crippen LogP contribution in [0.2, 0.25) is 0 Å². The summed E-state index contributed by atoms with van der Waals surface area (Å²) in [6.07, 6.45) is 1.08. The number of benzene rings is 2. The van der Waals surface area contributed by atoms with Crippen molar-refractivity contribution in [1.82, 2.24) is 9.80 Å². The summed E-state index contributed by atoms with van der Waals surface area (Å²) in [6.45, 7) is 9.91. The third kappa shape index (κ3) is 10.4. The number of phenolic OH excluding ortho intramolecular Hbond substituents is 1. The van der Waals surface area contributed by atoms with Crippen molar-refractivity contribution in [3.63, 3.8) is 0 Å². The van der Waals surface area contributed by atoms with Gasteiger partial charge in [0, 0.05) is 52.2 Å². The summed E-state index contributed by atoms with van der Waals surface area (Å²) in [6, 6.07) is 13.1. The number of methoxy groups -OCH3 is 3. The number of phenols is 1. The van der Waals surface area contributed by atoms with Crippen molar-refractivity contribution in [2.24, 2.45) is 0 Å². The molecule has 2 aromatic rings. The Hall–Kier alpha value is -2.74. The molecule has 2 aliphatic carbocycles. The van der Waals surface area contributed by atoms with E-state index >= 15 is 0 Å². The quantitative estimate of drug-likeness (QED) is 0.364. The molecule has 274 valence electrons. The van der Waals surface area contributed by atoms with Crippen molar-refractivity contribution < 1.29 is 46.8 Å². The highest BCUT2D eigenvalue weighted by Gasteiger charge is 2.41. The van der Waals surface area contributed by atoms with Gasteiger partial charge in [-0.25, -0.2) is 0 Å². The molecule has 6 atom stereocenters. The minimum absolute atomic E-state index is 0.134. The Labute approximate surface area is 288 Å². The zero-order valence-corrected chi connectivity index (χ0v) is 29.4. The van der Waals surface area contributed by atoms with Crippen LogP contribution in [0.25, 0.3) is 0 Å². The van der Waals surface area contributed by atoms with Crippen LogP contribution in [0, 0.1) is 0 Å². The Bertz CT molecular complexity index is 1330. The number of aldehydes is 1. The van der Waals surface area contributed by atoms with Gasteiger partial charge in [-0.1, -0.05) is 38.1 Å². The first kappa shape index (κ1) is 39.1. The topological polar surface area (TPSA) is 89.9 Å². The first-order valence-corrected chi connectivity index (χ1v) is 17.3. The standard InChI is InChI=1S/C18H27NO3.C17H25NO3.C2HF3O/c1-4-8-19-11-14(12-20-2)22-18-10-15-13(9-16(18)19)6-5-7-17(15)21-3;1-3-7-18-10-13(11-20-2)21-17-9-14-12(8-15(17)18)5-4-6-16(14)19;3-2(4,5)1-6/h5-7,14,16,18H,4,8-12H2,1-3H3;4-6,13,15,17,19H,3,7-11H2,1-2H3;1H/t14-,16-,18-;13-,15-,17-;/m11./s1. The number of nitrogens with zero attached hydrogens (tertiary/aromatic N) is 2. The summed E-state index contributed by atoms with van der Waals surface area (Å²) in [5, 5.41) is 10.1. The second kappa shape index (κ2) is 18.5. The van der Waals surface area contributed by atoms with Crippen molar-refractivity contribution in [1.29, 1.82) is 0 Å². The predicted octanol–water partition coefficient (Wildman–Crippen LogP) is 5.02. The predicted molar refractivity (Wildman–Crippen MR) is 180 cm³/mol. The van der Waals surface area contributed by atoms with Crippen molar-refractivity contribution in [2.45, 2.75) is 95.0 Å². The number of carbonyl (C=O) groups excluding carboxylic acids is 1. The van der Waals surface area contributed by atoms with Crippen LogP contribution in [0.4, 0.5) is 13.2 Å². The fourth-order valence-electron chi connectivity index (χ4n) is 7.69. The number of rotatable bonds is 9. The van der Waals surface area contributed by atoms with Crippen LogP contribution in [-0.2, 0) is 49.4 Å². The van der Waals surface area contributed by atoms with Crippen molar-refractivity contribution >= 4 is 6.29 Å². The first-order valence-electron chi connectivity index (χ1n) is 17.3. The summed E-state index contributed by atoms with van der Waals surface area (Å²) in [5.41, 5.74) is 5.07. The lowest BCUT2D eigenvalue weighted by Crippen LogP contribution is -2.58. The third-order valence-corrected chi connectivity index (χ3v) is 9.63. The van der Waals surface area contributed by atoms with Gasteiger partial charge in [0.1, 0.15) is 11.5 Å². The number of hydrogen-bond acceptors (Lipinski definition) is 9. The number of hydrogen-bond donors (Lipinski definition) is 1. The van der Waals surface area contributed by atoms with Crippen LogP contribution in [0.15, 0.2) is 36.4 Å². The van der Waals surface area contributed by atoms with E-state index in [1.165, 1.54) is 23.1 Å². The van der Waals surface area contributed by atoms with E-state index in [9.17, 15) is 18.3 Å². The molecule has 2 saturated heterocycles. The molecule has 6 rings (SSSR count). The molecule has 0 amide bonds. The maximum Gasteiger partial charge on any atom is 0.446 e. The highest BCUT2D eigenvalue weighted by molar-refractivity contribution is 5.56. The minimum atomic E-state index is -4.64. The van der Waals surface area contributed by atoms with E-state index in [2.05, 4.69) is 47.9 Å². The average Bonchev–Trinajstić information content (AvgIpc) is 3.08. The number of alkyl halides is 3. The van der Waals surface area contributed by atoms with Crippen molar-refractivity contribution in [2.75, 3.05) is 60.7 Å². The Morgan fingerprint density at radius 1 is 0.796 bits per heavy atom. The summed E-state index contributed by atoms with van der Waals surface area (Å²) >= 11 is 0. The zero-order chi connectivity index (χ0) is 35.6. The summed E-state index contributed by atoms with van der Waals surface area (Å²) in [7, 11) is 5.22. The van der Waals surface area contributed by atoms with Crippen LogP contribution in [0.1, 0.15) is 48.9 Å². The van der Waals surface area contributed by atoms with E-state index in [4.69, 9.17) is 28.5 Å². The van der Waals surface area contributed by atoms with Crippen LogP contribution < -0.4 is 4.74 Å². The van der Waals surface area contributed by atoms with E-state index in [0.29, 0.717) is 31.0 Å². The smallest absolute Gasteiger partial charge is 0.446 e. The zero-order valence-electron chi connectivity index (χ0n) is 29.4. The molecule has 2 fully saturated rings. The van der Waals surface area contributed by atoms with Crippen LogP contribution in [0.3, 0.4) is 0 Å². The fraction of sp³-hybridized carbons (Fsp3) is 0.649. The first-order chi connectivity index (χ1) is 23.5. The number of aromatic hydroxyl groups is 1. The Balaban J connectivity index is 0.000000190. The van der Waals surface area contributed by atoms with E-state index in [-0.39, 0.29) is 24.4 Å². The van der Waals surface area contributed by atoms with Crippen molar-refractivity contribution in [3.05, 3.63) is 58.7 Å². The molecule has 2 aliphatic heterocycles. The molecule has 0 bridgehead atoms. The Kier molecular flexibility index (Phi) is 14.7. The lowest BCUT2D eigenvalue weighted by atomic mass is 9.83. The normalized spacial score (nSPS) is 26.4. The number of halogens is 3. The largest absolute Gasteiger partial charge is 0.508 e. The summed E-state index contributed by atoms with van der Waals surface area (Å²) < 4.78 is 60.0. The minimum Gasteiger partial charge on any atom is -0.508 e. The molecular weight excluding hydrogens is 641 g/mol. The van der Waals surface area contributed by atoms with Gasteiger partial charge in [0.05, 0.1) is 44.7 Å². The molecule has 9 nitrogen and oxygen atoms in total. The van der Waals surface area contributed by atoms with Crippen LogP contribution >= 0.6 is 0 Å². The molecule has 0 radical (unpaired) electrons. The van der Waals surface area contributed by atoms with Gasteiger partial charge in [-0.15, -0.1) is 0 Å². The molecule has 2 heterocycles. The SMILES string of the molecule is CCCN1C[C@H](COC)O[C@@H]2Cc3c(O)cccc3C[C@H]21.CCCN1C[C@H](COC)O[C@@H]2Cc3c(cccc3OC)C[C@H]21.O=CC(F)(F)F. The Morgan fingerprint density at radius 2 is 1.27 bits per heavy atom. The van der Waals surface area contributed by atoms with Crippen LogP contribution in [-0.4, -0.2) is 125 Å². The van der Waals surface area contributed by atoms with E-state index in [0.717, 1.165) is 69.6 Å². The number of fused-ring (bicyclic) bond motifs is 4. The van der Waals surface area contributed by atoms with Gasteiger partial charge in [0.25, 0.3) is 0 Å². The second-order valence-corrected chi connectivity index (χ2v) is 13.1. The highest BCUT2D eigenvalue weighted by Crippen LogP contribution is 2.36. The van der Waals surface area contributed by atoms with Gasteiger partial charge >= 0.3 is 6.18 Å². The molecule has 0 unspecified atom stereocenters. The maximum atomic E-state index is 10.4. The molecule has 0 saturated carbocycles. The van der Waals surface area contributed by atoms with E-state index < -0.39 is 12.5 Å². The summed E-state index contributed by atoms with van der Waals surface area (Å²) in [4.78, 5) is 13.8. The number of ether oxygens (including phenoxy) is 5. The molecular formula is C37H53F3N2O7. The van der Waals surface area contributed by atoms with Crippen molar-refractivity contribution in [3.8, 4) is 11.5 Å². The lowest BCUT2D eigenvalue weighted by Gasteiger charge is -2.47. The lowest BCUT2D eigenvalue weighted by molar-refractivity contribution is -0.156. The monoisotopic (exact) mass is 694 g/mol. The second-order valence-electron chi connectivity index (χ2n) is 13.1. The molecule has 1 N–H and O–H groups in total. The average molecular weight is 695 g/mol. The number of morpholine rings is 2. The van der Waals surface area contributed by atoms with Gasteiger partial charge in [0.2, 0.25) is 6.29 Å². The molecule has 2 aromatic carbocycles. The third-order valence-electron chi connectivity index (χ3n) is 9.63. The van der Waals surface area contributed by atoms with Gasteiger partial charge in [0.15, 0.2) is 0 Å². The molecule has 0 spiro atoms. The highest BCUT2D eigenvalue weighted by atomic mass is 19.4. The molecule has 12 heteroatoms. The summed E-state index contributed by atoms with van der Waals surface area (Å²) in [5.74, 6) is 1.40. The number of carbonyl (C=O) groups is 1. The molecule has 4 aliphatic rings. The van der Waals surface area contributed by atoms with E-state index in [1.54, 1.807) is 27.4 Å².